The van der Waals surface area contributed by atoms with E-state index < -0.39 is 80.7 Å². The molecule has 0 spiro atoms. The number of unbranched alkanes of at least 4 members (excludes halogenated alkanes) is 31. The van der Waals surface area contributed by atoms with E-state index in [4.69, 9.17) is 28.4 Å². The highest BCUT2D eigenvalue weighted by Crippen LogP contribution is 2.27. The van der Waals surface area contributed by atoms with E-state index in [1.165, 1.54) is 167 Å². The molecule has 0 aliphatic carbocycles. The highest BCUT2D eigenvalue weighted by molar-refractivity contribution is 5.69. The number of carbonyl (C=O) groups excluding carboxylic acids is 1. The van der Waals surface area contributed by atoms with Gasteiger partial charge in [-0.2, -0.15) is 0 Å². The lowest BCUT2D eigenvalue weighted by Crippen LogP contribution is -2.61. The summed E-state index contributed by atoms with van der Waals surface area (Å²) in [6.07, 6.45) is 42.0. The van der Waals surface area contributed by atoms with Gasteiger partial charge in [-0.25, -0.2) is 0 Å². The maximum Gasteiger partial charge on any atom is 0.306 e. The van der Waals surface area contributed by atoms with Crippen LogP contribution in [-0.2, 0) is 33.2 Å². The van der Waals surface area contributed by atoms with Gasteiger partial charge in [-0.15, -0.1) is 0 Å². The van der Waals surface area contributed by atoms with E-state index in [0.29, 0.717) is 13.0 Å². The zero-order valence-electron chi connectivity index (χ0n) is 48.0. The van der Waals surface area contributed by atoms with Crippen LogP contribution in [0.15, 0.2) is 36.5 Å². The predicted octanol–water partition coefficient (Wildman–Crippen LogP) is 11.7. The number of ether oxygens (including phenoxy) is 6. The van der Waals surface area contributed by atoms with Crippen LogP contribution in [0.3, 0.4) is 0 Å². The Labute approximate surface area is 461 Å². The molecule has 2 rings (SSSR count). The molecule has 2 aliphatic heterocycles. The minimum atomic E-state index is -1.71. The van der Waals surface area contributed by atoms with Gasteiger partial charge in [0.25, 0.3) is 0 Å². The smallest absolute Gasteiger partial charge is 0.306 e. The van der Waals surface area contributed by atoms with Gasteiger partial charge in [-0.3, -0.25) is 4.79 Å². The van der Waals surface area contributed by atoms with Crippen LogP contribution in [0.5, 0.6) is 0 Å². The summed E-state index contributed by atoms with van der Waals surface area (Å²) in [6, 6.07) is 0. The molecule has 2 saturated heterocycles. The van der Waals surface area contributed by atoms with E-state index in [1.54, 1.807) is 0 Å². The van der Waals surface area contributed by atoms with Gasteiger partial charge in [-0.05, 0) is 51.4 Å². The molecular formula is C62H114O14. The quantitative estimate of drug-likeness (QED) is 0.0172. The third kappa shape index (κ3) is 35.1. The lowest BCUT2D eigenvalue weighted by atomic mass is 9.98. The maximum absolute atomic E-state index is 13.1. The minimum Gasteiger partial charge on any atom is -0.457 e. The second kappa shape index (κ2) is 49.1. The van der Waals surface area contributed by atoms with Gasteiger partial charge in [-0.1, -0.05) is 230 Å². The highest BCUT2D eigenvalue weighted by atomic mass is 16.7. The number of hydrogen-bond donors (Lipinski definition) is 7. The number of rotatable bonds is 51. The summed E-state index contributed by atoms with van der Waals surface area (Å²) in [5, 5.41) is 72.4. The van der Waals surface area contributed by atoms with Crippen molar-refractivity contribution in [2.45, 2.75) is 319 Å². The lowest BCUT2D eigenvalue weighted by molar-refractivity contribution is -0.332. The van der Waals surface area contributed by atoms with E-state index in [-0.39, 0.29) is 25.6 Å². The van der Waals surface area contributed by atoms with Crippen molar-refractivity contribution in [1.29, 1.82) is 0 Å². The summed E-state index contributed by atoms with van der Waals surface area (Å²) in [4.78, 5) is 13.1. The molecule has 0 aromatic heterocycles. The number of hydrogen-bond acceptors (Lipinski definition) is 14. The molecule has 2 fully saturated rings. The topological polar surface area (TPSA) is 214 Å². The zero-order valence-corrected chi connectivity index (χ0v) is 48.0. The van der Waals surface area contributed by atoms with Crippen LogP contribution in [-0.4, -0.2) is 142 Å². The van der Waals surface area contributed by atoms with Gasteiger partial charge in [0, 0.05) is 13.0 Å². The number of allylic oxidation sites excluding steroid dienone is 6. The number of carbonyl (C=O) groups is 1. The van der Waals surface area contributed by atoms with Crippen molar-refractivity contribution in [2.75, 3.05) is 33.0 Å². The van der Waals surface area contributed by atoms with Crippen molar-refractivity contribution >= 4 is 5.97 Å². The fraction of sp³-hybridized carbons (Fsp3) is 0.887. The first-order valence-electron chi connectivity index (χ1n) is 31.1. The average molecular weight is 1080 g/mol. The van der Waals surface area contributed by atoms with E-state index in [2.05, 4.69) is 50.3 Å². The van der Waals surface area contributed by atoms with Crippen LogP contribution in [0.25, 0.3) is 0 Å². The lowest BCUT2D eigenvalue weighted by Gasteiger charge is -2.42. The molecule has 0 saturated carbocycles. The molecule has 7 N–H and O–H groups in total. The van der Waals surface area contributed by atoms with E-state index in [1.807, 2.05) is 0 Å². The number of aliphatic hydroxyl groups excluding tert-OH is 7. The first-order chi connectivity index (χ1) is 37.1. The van der Waals surface area contributed by atoms with E-state index in [9.17, 15) is 40.5 Å². The molecular weight excluding hydrogens is 969 g/mol. The molecule has 2 aliphatic rings. The van der Waals surface area contributed by atoms with Crippen LogP contribution >= 0.6 is 0 Å². The molecule has 0 radical (unpaired) electrons. The Hall–Kier alpha value is -1.79. The minimum absolute atomic E-state index is 0.0637. The normalized spacial score (nSPS) is 24.6. The molecule has 11 unspecified atom stereocenters. The van der Waals surface area contributed by atoms with Crippen molar-refractivity contribution in [1.82, 2.24) is 0 Å². The maximum atomic E-state index is 13.1. The van der Waals surface area contributed by atoms with Crippen LogP contribution in [0, 0.1) is 0 Å². The standard InChI is InChI=1S/C62H114O14/c1-3-5-7-9-11-13-15-17-19-21-22-23-24-25-26-27-28-29-31-33-35-37-39-41-43-45-54(64)74-51(48-71-46-44-42-40-38-36-34-32-30-20-18-16-14-12-10-8-6-4-2)49-72-61-60(70)58(68)56(66)53(76-61)50-73-62-59(69)57(67)55(65)52(47-63)75-62/h15,17,21-22,24-25,51-53,55-63,65-70H,3-14,16,18-20,23,26-50H2,1-2H3/b17-15-,22-21-,25-24-. The van der Waals surface area contributed by atoms with Crippen molar-refractivity contribution in [2.24, 2.45) is 0 Å². The number of aliphatic hydroxyl groups is 7. The molecule has 14 nitrogen and oxygen atoms in total. The van der Waals surface area contributed by atoms with Gasteiger partial charge in [0.15, 0.2) is 12.6 Å². The predicted molar refractivity (Wildman–Crippen MR) is 303 cm³/mol. The third-order valence-electron chi connectivity index (χ3n) is 14.9. The first-order valence-corrected chi connectivity index (χ1v) is 31.1. The Kier molecular flexibility index (Phi) is 45.4. The highest BCUT2D eigenvalue weighted by Gasteiger charge is 2.47. The Morgan fingerprint density at radius 1 is 0.434 bits per heavy atom. The van der Waals surface area contributed by atoms with Gasteiger partial charge in [0.1, 0.15) is 54.9 Å². The number of esters is 1. The Morgan fingerprint density at radius 3 is 1.28 bits per heavy atom. The van der Waals surface area contributed by atoms with Crippen molar-refractivity contribution in [3.05, 3.63) is 36.5 Å². The largest absolute Gasteiger partial charge is 0.457 e. The average Bonchev–Trinajstić information content (AvgIpc) is 3.42. The molecule has 0 amide bonds. The summed E-state index contributed by atoms with van der Waals surface area (Å²) < 4.78 is 34.5. The van der Waals surface area contributed by atoms with Gasteiger partial charge < -0.3 is 64.2 Å². The van der Waals surface area contributed by atoms with Crippen LogP contribution in [0.2, 0.25) is 0 Å². The molecule has 0 aromatic rings. The SMILES string of the molecule is CCCCCCC/C=C\C/C=C\C/C=C\CCCCCCCCCCCCC(=O)OC(COCCCCCCCCCCCCCCCCCCC)COC1OC(COC2OC(CO)C(O)C(O)C2O)C(O)C(O)C1O. The molecule has 11 atom stereocenters. The molecule has 0 bridgehead atoms. The third-order valence-corrected chi connectivity index (χ3v) is 14.9. The van der Waals surface area contributed by atoms with Crippen molar-refractivity contribution in [3.63, 3.8) is 0 Å². The van der Waals surface area contributed by atoms with Crippen LogP contribution in [0.4, 0.5) is 0 Å². The fourth-order valence-corrected chi connectivity index (χ4v) is 9.88. The Morgan fingerprint density at radius 2 is 0.816 bits per heavy atom. The van der Waals surface area contributed by atoms with E-state index >= 15 is 0 Å². The zero-order chi connectivity index (χ0) is 55.1. The molecule has 2 heterocycles. The van der Waals surface area contributed by atoms with Gasteiger partial charge >= 0.3 is 5.97 Å². The van der Waals surface area contributed by atoms with Crippen molar-refractivity contribution in [3.8, 4) is 0 Å². The second-order valence-corrected chi connectivity index (χ2v) is 21.9. The Bertz CT molecular complexity index is 1400. The van der Waals surface area contributed by atoms with E-state index in [0.717, 1.165) is 57.8 Å². The second-order valence-electron chi connectivity index (χ2n) is 21.9. The van der Waals surface area contributed by atoms with Gasteiger partial charge in [0.05, 0.1) is 26.4 Å². The summed E-state index contributed by atoms with van der Waals surface area (Å²) in [6.45, 7) is 3.72. The molecule has 0 aromatic carbocycles. The first kappa shape index (κ1) is 70.3. The molecule has 446 valence electrons. The summed E-state index contributed by atoms with van der Waals surface area (Å²) in [7, 11) is 0. The summed E-state index contributed by atoms with van der Waals surface area (Å²) in [5.41, 5.74) is 0. The van der Waals surface area contributed by atoms with Crippen LogP contribution < -0.4 is 0 Å². The van der Waals surface area contributed by atoms with Crippen LogP contribution in [0.1, 0.15) is 251 Å². The summed E-state index contributed by atoms with van der Waals surface area (Å²) in [5.74, 6) is -0.376. The van der Waals surface area contributed by atoms with Crippen molar-refractivity contribution < 1.29 is 69.0 Å². The van der Waals surface area contributed by atoms with Gasteiger partial charge in [0.2, 0.25) is 0 Å². The Balaban J connectivity index is 1.68. The fourth-order valence-electron chi connectivity index (χ4n) is 9.88. The monoisotopic (exact) mass is 1080 g/mol. The summed E-state index contributed by atoms with van der Waals surface area (Å²) >= 11 is 0. The molecule has 14 heteroatoms. The molecule has 76 heavy (non-hydrogen) atoms.